The van der Waals surface area contributed by atoms with Gasteiger partial charge >= 0.3 is 5.97 Å². The molecule has 0 saturated heterocycles. The summed E-state index contributed by atoms with van der Waals surface area (Å²) in [7, 11) is 3.32. The summed E-state index contributed by atoms with van der Waals surface area (Å²) >= 11 is 5.87. The van der Waals surface area contributed by atoms with Gasteiger partial charge in [-0.25, -0.2) is 9.78 Å². The van der Waals surface area contributed by atoms with Crippen molar-refractivity contribution >= 4 is 17.6 Å². The molecule has 0 radical (unpaired) electrons. The number of methoxy groups -OCH3 is 1. The van der Waals surface area contributed by atoms with E-state index >= 15 is 0 Å². The SMILES string of the molecule is COc1cc(Cl)cc(C(=O)O)c1OCCc1nccn1C. The Morgan fingerprint density at radius 2 is 2.24 bits per heavy atom. The Bertz CT molecular complexity index is 654. The number of carboxylic acids is 1. The summed E-state index contributed by atoms with van der Waals surface area (Å²) in [6.45, 7) is 0.281. The minimum atomic E-state index is -1.12. The summed E-state index contributed by atoms with van der Waals surface area (Å²) in [5, 5.41) is 9.51. The van der Waals surface area contributed by atoms with Crippen LogP contribution in [0.3, 0.4) is 0 Å². The highest BCUT2D eigenvalue weighted by atomic mass is 35.5. The molecule has 1 heterocycles. The van der Waals surface area contributed by atoms with Crippen LogP contribution in [0.1, 0.15) is 16.2 Å². The number of imidazole rings is 1. The molecular weight excluding hydrogens is 296 g/mol. The van der Waals surface area contributed by atoms with E-state index in [1.54, 1.807) is 6.20 Å². The Morgan fingerprint density at radius 3 is 2.81 bits per heavy atom. The summed E-state index contributed by atoms with van der Waals surface area (Å²) in [5.74, 6) is 0.186. The van der Waals surface area contributed by atoms with Crippen molar-refractivity contribution in [1.29, 1.82) is 0 Å². The fourth-order valence-electron chi connectivity index (χ4n) is 1.91. The molecule has 7 heteroatoms. The lowest BCUT2D eigenvalue weighted by Gasteiger charge is -2.13. The van der Waals surface area contributed by atoms with E-state index in [0.717, 1.165) is 5.82 Å². The van der Waals surface area contributed by atoms with Gasteiger partial charge in [0, 0.05) is 37.0 Å². The average molecular weight is 311 g/mol. The predicted octanol–water partition coefficient (Wildman–Crippen LogP) is 2.40. The highest BCUT2D eigenvalue weighted by Crippen LogP contribution is 2.34. The van der Waals surface area contributed by atoms with Crippen molar-refractivity contribution < 1.29 is 19.4 Å². The number of carboxylic acid groups (broad SMARTS) is 1. The number of aryl methyl sites for hydroxylation is 1. The van der Waals surface area contributed by atoms with Gasteiger partial charge in [0.05, 0.1) is 13.7 Å². The van der Waals surface area contributed by atoms with Crippen molar-refractivity contribution in [3.05, 3.63) is 40.9 Å². The van der Waals surface area contributed by atoms with Crippen molar-refractivity contribution in [2.24, 2.45) is 7.05 Å². The topological polar surface area (TPSA) is 73.6 Å². The molecule has 2 rings (SSSR count). The fraction of sp³-hybridized carbons (Fsp3) is 0.286. The first-order valence-corrected chi connectivity index (χ1v) is 6.60. The lowest BCUT2D eigenvalue weighted by molar-refractivity contribution is 0.0691. The highest BCUT2D eigenvalue weighted by molar-refractivity contribution is 6.31. The Hall–Kier alpha value is -2.21. The van der Waals surface area contributed by atoms with Gasteiger partial charge in [0.25, 0.3) is 0 Å². The maximum atomic E-state index is 11.3. The van der Waals surface area contributed by atoms with E-state index in [1.807, 2.05) is 17.8 Å². The number of halogens is 1. The van der Waals surface area contributed by atoms with E-state index in [4.69, 9.17) is 21.1 Å². The monoisotopic (exact) mass is 310 g/mol. The molecule has 0 aliphatic heterocycles. The maximum absolute atomic E-state index is 11.3. The third kappa shape index (κ3) is 3.46. The van der Waals surface area contributed by atoms with Crippen LogP contribution in [0.15, 0.2) is 24.5 Å². The van der Waals surface area contributed by atoms with Crippen LogP contribution in [0.4, 0.5) is 0 Å². The second-order valence-electron chi connectivity index (χ2n) is 4.34. The molecule has 1 N–H and O–H groups in total. The van der Waals surface area contributed by atoms with Crippen LogP contribution < -0.4 is 9.47 Å². The Kier molecular flexibility index (Phi) is 4.70. The number of rotatable bonds is 6. The lowest BCUT2D eigenvalue weighted by Crippen LogP contribution is -2.10. The molecule has 0 bridgehead atoms. The first-order chi connectivity index (χ1) is 10.0. The number of aromatic carboxylic acids is 1. The zero-order valence-electron chi connectivity index (χ0n) is 11.7. The van der Waals surface area contributed by atoms with Gasteiger partial charge in [-0.1, -0.05) is 11.6 Å². The number of aromatic nitrogens is 2. The van der Waals surface area contributed by atoms with Crippen LogP contribution in [0.2, 0.25) is 5.02 Å². The second kappa shape index (κ2) is 6.49. The van der Waals surface area contributed by atoms with Gasteiger partial charge in [-0.3, -0.25) is 0 Å². The van der Waals surface area contributed by atoms with Crippen LogP contribution >= 0.6 is 11.6 Å². The second-order valence-corrected chi connectivity index (χ2v) is 4.78. The molecule has 0 atom stereocenters. The maximum Gasteiger partial charge on any atom is 0.339 e. The molecule has 0 saturated carbocycles. The van der Waals surface area contributed by atoms with E-state index in [2.05, 4.69) is 4.98 Å². The average Bonchev–Trinajstić information content (AvgIpc) is 2.85. The molecule has 0 aliphatic carbocycles. The smallest absolute Gasteiger partial charge is 0.339 e. The Labute approximate surface area is 126 Å². The number of hydrogen-bond donors (Lipinski definition) is 1. The van der Waals surface area contributed by atoms with E-state index in [0.29, 0.717) is 12.2 Å². The van der Waals surface area contributed by atoms with Crippen molar-refractivity contribution in [3.8, 4) is 11.5 Å². The molecule has 0 spiro atoms. The van der Waals surface area contributed by atoms with Crippen LogP contribution in [-0.4, -0.2) is 34.3 Å². The molecule has 6 nitrogen and oxygen atoms in total. The summed E-state index contributed by atoms with van der Waals surface area (Å²) in [4.78, 5) is 15.5. The van der Waals surface area contributed by atoms with Gasteiger partial charge < -0.3 is 19.1 Å². The zero-order valence-corrected chi connectivity index (χ0v) is 12.4. The molecule has 1 aromatic carbocycles. The minimum absolute atomic E-state index is 0.0285. The van der Waals surface area contributed by atoms with Crippen LogP contribution in [-0.2, 0) is 13.5 Å². The Balaban J connectivity index is 2.18. The predicted molar refractivity (Wildman–Crippen MR) is 77.4 cm³/mol. The number of hydrogen-bond acceptors (Lipinski definition) is 4. The molecule has 0 aliphatic rings. The standard InChI is InChI=1S/C14H15ClN2O4/c1-17-5-4-16-12(17)3-6-21-13-10(14(18)19)7-9(15)8-11(13)20-2/h4-5,7-8H,3,6H2,1-2H3,(H,18,19). The van der Waals surface area contributed by atoms with Gasteiger partial charge in [0.15, 0.2) is 11.5 Å². The molecule has 0 unspecified atom stereocenters. The van der Waals surface area contributed by atoms with Crippen LogP contribution in [0.25, 0.3) is 0 Å². The van der Waals surface area contributed by atoms with Crippen molar-refractivity contribution in [2.75, 3.05) is 13.7 Å². The number of carbonyl (C=O) groups is 1. The third-order valence-electron chi connectivity index (χ3n) is 2.96. The zero-order chi connectivity index (χ0) is 15.4. The van der Waals surface area contributed by atoms with Crippen molar-refractivity contribution in [3.63, 3.8) is 0 Å². The van der Waals surface area contributed by atoms with Gasteiger partial charge in [-0.2, -0.15) is 0 Å². The summed E-state index contributed by atoms with van der Waals surface area (Å²) in [6.07, 6.45) is 4.08. The van der Waals surface area contributed by atoms with Crippen molar-refractivity contribution in [1.82, 2.24) is 9.55 Å². The molecule has 21 heavy (non-hydrogen) atoms. The first-order valence-electron chi connectivity index (χ1n) is 6.22. The highest BCUT2D eigenvalue weighted by Gasteiger charge is 2.18. The number of ether oxygens (including phenoxy) is 2. The number of nitrogens with zero attached hydrogens (tertiary/aromatic N) is 2. The van der Waals surface area contributed by atoms with Gasteiger partial charge in [-0.05, 0) is 6.07 Å². The van der Waals surface area contributed by atoms with E-state index in [9.17, 15) is 9.90 Å². The summed E-state index contributed by atoms with van der Waals surface area (Å²) in [6, 6.07) is 2.85. The summed E-state index contributed by atoms with van der Waals surface area (Å²) < 4.78 is 12.6. The van der Waals surface area contributed by atoms with Gasteiger partial charge in [-0.15, -0.1) is 0 Å². The van der Waals surface area contributed by atoms with Gasteiger partial charge in [0.1, 0.15) is 11.4 Å². The lowest BCUT2D eigenvalue weighted by atomic mass is 10.2. The minimum Gasteiger partial charge on any atom is -0.493 e. The largest absolute Gasteiger partial charge is 0.493 e. The van der Waals surface area contributed by atoms with Gasteiger partial charge in [0.2, 0.25) is 0 Å². The fourth-order valence-corrected chi connectivity index (χ4v) is 2.12. The van der Waals surface area contributed by atoms with E-state index < -0.39 is 5.97 Å². The molecular formula is C14H15ClN2O4. The quantitative estimate of drug-likeness (QED) is 0.887. The normalized spacial score (nSPS) is 10.4. The van der Waals surface area contributed by atoms with E-state index in [1.165, 1.54) is 19.2 Å². The van der Waals surface area contributed by atoms with Crippen LogP contribution in [0.5, 0.6) is 11.5 Å². The number of benzene rings is 1. The molecule has 2 aromatic rings. The third-order valence-corrected chi connectivity index (χ3v) is 3.18. The molecule has 0 fully saturated rings. The molecule has 1 aromatic heterocycles. The first kappa shape index (κ1) is 15.2. The Morgan fingerprint density at radius 1 is 1.48 bits per heavy atom. The van der Waals surface area contributed by atoms with Crippen LogP contribution in [0, 0.1) is 0 Å². The van der Waals surface area contributed by atoms with Crippen molar-refractivity contribution in [2.45, 2.75) is 6.42 Å². The summed E-state index contributed by atoms with van der Waals surface area (Å²) in [5.41, 5.74) is -0.0285. The molecule has 112 valence electrons. The van der Waals surface area contributed by atoms with E-state index in [-0.39, 0.29) is 22.9 Å². The molecule has 0 amide bonds.